The van der Waals surface area contributed by atoms with Gasteiger partial charge in [0.25, 0.3) is 5.91 Å². The topological polar surface area (TPSA) is 96.4 Å². The number of hydrogen-bond donors (Lipinski definition) is 3. The summed E-state index contributed by atoms with van der Waals surface area (Å²) in [5, 5.41) is 11.2. The summed E-state index contributed by atoms with van der Waals surface area (Å²) in [7, 11) is 1.35. The maximum absolute atomic E-state index is 12.8. The number of benzene rings is 1. The van der Waals surface area contributed by atoms with Gasteiger partial charge in [-0.3, -0.25) is 10.0 Å². The molecule has 10 heteroatoms. The van der Waals surface area contributed by atoms with Gasteiger partial charge in [-0.15, -0.1) is 0 Å². The number of nitrogens with zero attached hydrogens (tertiary/aromatic N) is 2. The molecule has 2 aromatic rings. The second-order valence-electron chi connectivity index (χ2n) is 4.61. The lowest BCUT2D eigenvalue weighted by Gasteiger charge is -2.13. The number of carbonyl (C=O) groups is 1. The van der Waals surface area contributed by atoms with E-state index in [1.807, 2.05) is 0 Å². The van der Waals surface area contributed by atoms with Gasteiger partial charge in [0, 0.05) is 24.5 Å². The molecule has 1 aromatic carbocycles. The fourth-order valence-corrected chi connectivity index (χ4v) is 1.87. The number of anilines is 1. The summed E-state index contributed by atoms with van der Waals surface area (Å²) in [6.45, 7) is -0.0152. The highest BCUT2D eigenvalue weighted by Gasteiger charge is 2.31. The number of nitrogens with one attached hydrogen (secondary N) is 2. The minimum absolute atomic E-state index is 0.0152. The Morgan fingerprint density at radius 2 is 1.96 bits per heavy atom. The molecule has 0 atom stereocenters. The summed E-state index contributed by atoms with van der Waals surface area (Å²) >= 11 is 0. The number of methoxy groups -OCH3 is 1. The molecule has 24 heavy (non-hydrogen) atoms. The van der Waals surface area contributed by atoms with Crippen molar-refractivity contribution in [3.63, 3.8) is 0 Å². The van der Waals surface area contributed by atoms with Crippen LogP contribution < -0.4 is 15.5 Å². The van der Waals surface area contributed by atoms with Crippen molar-refractivity contribution in [3.8, 4) is 5.75 Å². The summed E-state index contributed by atoms with van der Waals surface area (Å²) in [6.07, 6.45) is -2.15. The first kappa shape index (κ1) is 17.5. The molecule has 1 heterocycles. The number of amides is 1. The highest BCUT2D eigenvalue weighted by atomic mass is 19.4. The molecule has 3 N–H and O–H groups in total. The molecule has 1 aromatic heterocycles. The van der Waals surface area contributed by atoms with E-state index in [0.29, 0.717) is 0 Å². The first-order chi connectivity index (χ1) is 11.3. The summed E-state index contributed by atoms with van der Waals surface area (Å²) < 4.78 is 43.4. The largest absolute Gasteiger partial charge is 0.496 e. The van der Waals surface area contributed by atoms with Gasteiger partial charge in [0.05, 0.1) is 18.2 Å². The van der Waals surface area contributed by atoms with Crippen molar-refractivity contribution in [2.24, 2.45) is 0 Å². The fourth-order valence-electron chi connectivity index (χ4n) is 1.87. The molecule has 2 rings (SSSR count). The molecule has 0 saturated carbocycles. The zero-order chi connectivity index (χ0) is 17.7. The fraction of sp³-hybridized carbons (Fsp3) is 0.214. The van der Waals surface area contributed by atoms with Crippen LogP contribution in [0, 0.1) is 0 Å². The number of carbonyl (C=O) groups excluding carboxylic acids is 1. The van der Waals surface area contributed by atoms with Crippen LogP contribution in [0.5, 0.6) is 5.75 Å². The maximum Gasteiger partial charge on any atom is 0.416 e. The van der Waals surface area contributed by atoms with Crippen LogP contribution in [0.3, 0.4) is 0 Å². The van der Waals surface area contributed by atoms with Crippen molar-refractivity contribution < 1.29 is 27.9 Å². The van der Waals surface area contributed by atoms with Crippen molar-refractivity contribution in [2.45, 2.75) is 12.7 Å². The minimum Gasteiger partial charge on any atom is -0.496 e. The molecule has 0 bridgehead atoms. The lowest BCUT2D eigenvalue weighted by Crippen LogP contribution is -2.19. The van der Waals surface area contributed by atoms with Gasteiger partial charge in [-0.1, -0.05) is 0 Å². The van der Waals surface area contributed by atoms with Crippen LogP contribution in [0.1, 0.15) is 21.5 Å². The van der Waals surface area contributed by atoms with Gasteiger partial charge >= 0.3 is 6.18 Å². The quantitative estimate of drug-likeness (QED) is 0.570. The van der Waals surface area contributed by atoms with Gasteiger partial charge in [-0.2, -0.15) is 13.2 Å². The number of hydroxylamine groups is 1. The first-order valence-electron chi connectivity index (χ1n) is 6.59. The Morgan fingerprint density at radius 3 is 2.50 bits per heavy atom. The third-order valence-corrected chi connectivity index (χ3v) is 3.06. The second kappa shape index (κ2) is 7.13. The van der Waals surface area contributed by atoms with Crippen molar-refractivity contribution in [2.75, 3.05) is 12.4 Å². The van der Waals surface area contributed by atoms with E-state index in [1.54, 1.807) is 0 Å². The van der Waals surface area contributed by atoms with Crippen LogP contribution in [0.2, 0.25) is 0 Å². The lowest BCUT2D eigenvalue weighted by molar-refractivity contribution is -0.137. The van der Waals surface area contributed by atoms with E-state index in [0.717, 1.165) is 24.5 Å². The first-order valence-corrected chi connectivity index (χ1v) is 6.59. The minimum atomic E-state index is -4.46. The SMILES string of the molecule is COc1ccc(C(F)(F)F)cc1CNc1ncc(C(=O)NO)cn1. The Kier molecular flexibility index (Phi) is 5.19. The van der Waals surface area contributed by atoms with E-state index in [1.165, 1.54) is 18.7 Å². The monoisotopic (exact) mass is 342 g/mol. The molecule has 0 aliphatic carbocycles. The van der Waals surface area contributed by atoms with Crippen molar-refractivity contribution in [3.05, 3.63) is 47.3 Å². The molecular weight excluding hydrogens is 329 g/mol. The number of ether oxygens (including phenoxy) is 1. The predicted octanol–water partition coefficient (Wildman–Crippen LogP) is 2.24. The number of halogens is 3. The molecule has 0 saturated heterocycles. The van der Waals surface area contributed by atoms with Crippen molar-refractivity contribution >= 4 is 11.9 Å². The Morgan fingerprint density at radius 1 is 1.29 bits per heavy atom. The molecule has 7 nitrogen and oxygen atoms in total. The molecule has 0 radical (unpaired) electrons. The number of hydrogen-bond acceptors (Lipinski definition) is 6. The number of rotatable bonds is 5. The van der Waals surface area contributed by atoms with Crippen LogP contribution in [0.15, 0.2) is 30.6 Å². The van der Waals surface area contributed by atoms with E-state index in [-0.39, 0.29) is 29.4 Å². The van der Waals surface area contributed by atoms with Crippen LogP contribution >= 0.6 is 0 Å². The zero-order valence-electron chi connectivity index (χ0n) is 12.4. The average molecular weight is 342 g/mol. The molecule has 0 aliphatic rings. The molecule has 0 unspecified atom stereocenters. The van der Waals surface area contributed by atoms with E-state index < -0.39 is 17.6 Å². The molecule has 0 fully saturated rings. The van der Waals surface area contributed by atoms with Crippen LogP contribution in [-0.2, 0) is 12.7 Å². The van der Waals surface area contributed by atoms with Gasteiger partial charge in [-0.05, 0) is 18.2 Å². The summed E-state index contributed by atoms with van der Waals surface area (Å²) in [6, 6.07) is 3.13. The third-order valence-electron chi connectivity index (χ3n) is 3.06. The smallest absolute Gasteiger partial charge is 0.416 e. The van der Waals surface area contributed by atoms with Gasteiger partial charge < -0.3 is 10.1 Å². The molecule has 0 spiro atoms. The Labute approximate surface area is 134 Å². The van der Waals surface area contributed by atoms with Gasteiger partial charge in [0.1, 0.15) is 5.75 Å². The highest BCUT2D eigenvalue weighted by molar-refractivity contribution is 5.92. The van der Waals surface area contributed by atoms with E-state index in [9.17, 15) is 18.0 Å². The van der Waals surface area contributed by atoms with Crippen LogP contribution in [0.25, 0.3) is 0 Å². The van der Waals surface area contributed by atoms with Crippen LogP contribution in [0.4, 0.5) is 19.1 Å². The third kappa shape index (κ3) is 4.10. The number of alkyl halides is 3. The highest BCUT2D eigenvalue weighted by Crippen LogP contribution is 2.32. The Bertz CT molecular complexity index is 720. The molecular formula is C14H13F3N4O3. The molecule has 128 valence electrons. The maximum atomic E-state index is 12.8. The average Bonchev–Trinajstić information content (AvgIpc) is 2.58. The lowest BCUT2D eigenvalue weighted by atomic mass is 10.1. The van der Waals surface area contributed by atoms with E-state index in [4.69, 9.17) is 9.94 Å². The molecule has 1 amide bonds. The summed E-state index contributed by atoms with van der Waals surface area (Å²) in [5.41, 5.74) is 0.935. The van der Waals surface area contributed by atoms with Gasteiger partial charge in [0.2, 0.25) is 5.95 Å². The summed E-state index contributed by atoms with van der Waals surface area (Å²) in [4.78, 5) is 18.8. The molecule has 0 aliphatic heterocycles. The Hall–Kier alpha value is -2.88. The van der Waals surface area contributed by atoms with E-state index >= 15 is 0 Å². The summed E-state index contributed by atoms with van der Waals surface area (Å²) in [5.74, 6) is -0.392. The van der Waals surface area contributed by atoms with Crippen molar-refractivity contribution in [1.29, 1.82) is 0 Å². The van der Waals surface area contributed by atoms with Gasteiger partial charge in [-0.25, -0.2) is 15.4 Å². The van der Waals surface area contributed by atoms with Crippen molar-refractivity contribution in [1.82, 2.24) is 15.4 Å². The number of aromatic nitrogens is 2. The normalized spacial score (nSPS) is 11.0. The standard InChI is InChI=1S/C14H13F3N4O3/c1-24-11-3-2-10(14(15,16)17)4-8(11)5-18-13-19-6-9(7-20-13)12(22)21-23/h2-4,6-7,23H,5H2,1H3,(H,21,22)(H,18,19,20). The van der Waals surface area contributed by atoms with E-state index in [2.05, 4.69) is 15.3 Å². The second-order valence-corrected chi connectivity index (χ2v) is 4.61. The van der Waals surface area contributed by atoms with Gasteiger partial charge in [0.15, 0.2) is 0 Å². The predicted molar refractivity (Wildman–Crippen MR) is 76.6 cm³/mol. The Balaban J connectivity index is 2.14. The zero-order valence-corrected chi connectivity index (χ0v) is 12.4. The van der Waals surface area contributed by atoms with Crippen LogP contribution in [-0.4, -0.2) is 28.2 Å².